The van der Waals surface area contributed by atoms with Gasteiger partial charge >= 0.3 is 0 Å². The van der Waals surface area contributed by atoms with E-state index in [1.165, 1.54) is 9.77 Å². The van der Waals surface area contributed by atoms with Crippen LogP contribution in [0.3, 0.4) is 0 Å². The van der Waals surface area contributed by atoms with Crippen LogP contribution in [0, 0.1) is 0 Å². The molecule has 0 saturated heterocycles. The normalized spacial score (nSPS) is 14.4. The molecule has 2 unspecified atom stereocenters. The van der Waals surface area contributed by atoms with E-state index in [0.717, 1.165) is 10.9 Å². The molecule has 0 bridgehead atoms. The molecule has 2 rings (SSSR count). The second-order valence-electron chi connectivity index (χ2n) is 4.08. The lowest BCUT2D eigenvalue weighted by molar-refractivity contribution is 0.640. The average molecular weight is 342 g/mol. The molecule has 1 nitrogen and oxygen atoms in total. The Morgan fingerprint density at radius 2 is 2.00 bits per heavy atom. The maximum Gasteiger partial charge on any atom is 0.0589 e. The minimum atomic E-state index is 0.192. The van der Waals surface area contributed by atoms with E-state index in [4.69, 9.17) is 5.73 Å². The number of rotatable bonds is 5. The Morgan fingerprint density at radius 3 is 2.56 bits per heavy atom. The first kappa shape index (κ1) is 14.1. The van der Waals surface area contributed by atoms with E-state index < -0.39 is 0 Å². The van der Waals surface area contributed by atoms with E-state index in [0.29, 0.717) is 5.25 Å². The highest BCUT2D eigenvalue weighted by Gasteiger charge is 2.20. The van der Waals surface area contributed by atoms with E-state index in [2.05, 4.69) is 64.6 Å². The van der Waals surface area contributed by atoms with Crippen LogP contribution in [0.2, 0.25) is 0 Å². The van der Waals surface area contributed by atoms with Gasteiger partial charge in [-0.15, -0.1) is 23.1 Å². The summed E-state index contributed by atoms with van der Waals surface area (Å²) in [5.41, 5.74) is 6.26. The first-order chi connectivity index (χ1) is 8.70. The molecule has 1 heterocycles. The molecule has 1 aromatic carbocycles. The summed E-state index contributed by atoms with van der Waals surface area (Å²) in [6.45, 7) is 2.15. The van der Waals surface area contributed by atoms with Gasteiger partial charge in [-0.25, -0.2) is 0 Å². The van der Waals surface area contributed by atoms with Crippen LogP contribution in [0.5, 0.6) is 0 Å². The number of hydrogen-bond acceptors (Lipinski definition) is 3. The third kappa shape index (κ3) is 3.60. The Kier molecular flexibility index (Phi) is 5.30. The minimum Gasteiger partial charge on any atom is -0.326 e. The van der Waals surface area contributed by atoms with Gasteiger partial charge in [0.1, 0.15) is 0 Å². The second kappa shape index (κ2) is 6.75. The third-order valence-corrected chi connectivity index (χ3v) is 5.80. The Morgan fingerprint density at radius 1 is 1.28 bits per heavy atom. The lowest BCUT2D eigenvalue weighted by Gasteiger charge is -2.21. The van der Waals surface area contributed by atoms with Crippen LogP contribution in [0.15, 0.2) is 51.1 Å². The van der Waals surface area contributed by atoms with Gasteiger partial charge in [-0.1, -0.05) is 28.9 Å². The number of hydrogen-bond donors (Lipinski definition) is 1. The Labute approximate surface area is 125 Å². The van der Waals surface area contributed by atoms with E-state index >= 15 is 0 Å². The van der Waals surface area contributed by atoms with Crippen molar-refractivity contribution in [2.75, 3.05) is 0 Å². The molecule has 0 aliphatic rings. The molecule has 0 aliphatic heterocycles. The van der Waals surface area contributed by atoms with Gasteiger partial charge in [0.2, 0.25) is 0 Å². The molecule has 0 fully saturated rings. The summed E-state index contributed by atoms with van der Waals surface area (Å²) in [5, 5.41) is 2.46. The first-order valence-electron chi connectivity index (χ1n) is 5.92. The molecule has 0 radical (unpaired) electrons. The number of halogens is 1. The highest BCUT2D eigenvalue weighted by Crippen LogP contribution is 2.40. The molecular formula is C14H16BrNS2. The van der Waals surface area contributed by atoms with Gasteiger partial charge in [0.15, 0.2) is 0 Å². The van der Waals surface area contributed by atoms with E-state index in [1.54, 1.807) is 11.3 Å². The molecule has 0 saturated carbocycles. The van der Waals surface area contributed by atoms with Crippen molar-refractivity contribution in [2.45, 2.75) is 29.5 Å². The SMILES string of the molecule is CCC(N)C(Sc1ccc(Br)cc1)c1cccs1. The first-order valence-corrected chi connectivity index (χ1v) is 8.47. The Bertz CT molecular complexity index is 467. The largest absolute Gasteiger partial charge is 0.326 e. The smallest absolute Gasteiger partial charge is 0.0589 e. The van der Waals surface area contributed by atoms with Gasteiger partial charge in [0, 0.05) is 20.3 Å². The summed E-state index contributed by atoms with van der Waals surface area (Å²) in [6.07, 6.45) is 0.992. The lowest BCUT2D eigenvalue weighted by atomic mass is 10.1. The molecular weight excluding hydrogens is 326 g/mol. The van der Waals surface area contributed by atoms with Crippen LogP contribution in [-0.4, -0.2) is 6.04 Å². The van der Waals surface area contributed by atoms with Gasteiger partial charge < -0.3 is 5.73 Å². The standard InChI is InChI=1S/C14H16BrNS2/c1-2-12(16)14(13-4-3-9-17-13)18-11-7-5-10(15)6-8-11/h3-9,12,14H,2,16H2,1H3. The minimum absolute atomic E-state index is 0.192. The zero-order valence-corrected chi connectivity index (χ0v) is 13.4. The van der Waals surface area contributed by atoms with Crippen molar-refractivity contribution in [3.05, 3.63) is 51.1 Å². The van der Waals surface area contributed by atoms with Crippen LogP contribution in [-0.2, 0) is 0 Å². The fraction of sp³-hybridized carbons (Fsp3) is 0.286. The van der Waals surface area contributed by atoms with Crippen molar-refractivity contribution < 1.29 is 0 Å². The molecule has 18 heavy (non-hydrogen) atoms. The van der Waals surface area contributed by atoms with Crippen molar-refractivity contribution in [2.24, 2.45) is 5.73 Å². The molecule has 96 valence electrons. The number of thiophene rings is 1. The molecule has 2 N–H and O–H groups in total. The van der Waals surface area contributed by atoms with Crippen molar-refractivity contribution in [3.8, 4) is 0 Å². The maximum absolute atomic E-state index is 6.26. The topological polar surface area (TPSA) is 26.0 Å². The molecule has 1 aromatic heterocycles. The summed E-state index contributed by atoms with van der Waals surface area (Å²) in [4.78, 5) is 2.62. The zero-order valence-electron chi connectivity index (χ0n) is 10.2. The monoisotopic (exact) mass is 341 g/mol. The van der Waals surface area contributed by atoms with Crippen LogP contribution in [0.1, 0.15) is 23.5 Å². The molecule has 0 aliphatic carbocycles. The molecule has 4 heteroatoms. The predicted molar refractivity (Wildman–Crippen MR) is 85.3 cm³/mol. The molecule has 0 amide bonds. The fourth-order valence-corrected chi connectivity index (χ4v) is 4.19. The van der Waals surface area contributed by atoms with Gasteiger partial charge in [-0.2, -0.15) is 0 Å². The van der Waals surface area contributed by atoms with Crippen molar-refractivity contribution >= 4 is 39.0 Å². The third-order valence-electron chi connectivity index (χ3n) is 2.76. The van der Waals surface area contributed by atoms with Crippen molar-refractivity contribution in [3.63, 3.8) is 0 Å². The predicted octanol–water partition coefficient (Wildman–Crippen LogP) is 5.08. The van der Waals surface area contributed by atoms with Crippen molar-refractivity contribution in [1.82, 2.24) is 0 Å². The summed E-state index contributed by atoms with van der Waals surface area (Å²) in [5.74, 6) is 0. The maximum atomic E-state index is 6.26. The lowest BCUT2D eigenvalue weighted by Crippen LogP contribution is -2.25. The highest BCUT2D eigenvalue weighted by molar-refractivity contribution is 9.10. The number of nitrogens with two attached hydrogens (primary N) is 1. The van der Waals surface area contributed by atoms with Crippen LogP contribution >= 0.6 is 39.0 Å². The summed E-state index contributed by atoms with van der Waals surface area (Å²) >= 11 is 7.10. The summed E-state index contributed by atoms with van der Waals surface area (Å²) < 4.78 is 1.11. The molecule has 2 aromatic rings. The fourth-order valence-electron chi connectivity index (χ4n) is 1.68. The summed E-state index contributed by atoms with van der Waals surface area (Å²) in [6, 6.07) is 12.9. The highest BCUT2D eigenvalue weighted by atomic mass is 79.9. The molecule has 2 atom stereocenters. The Hall–Kier alpha value is -0.290. The van der Waals surface area contributed by atoms with E-state index in [9.17, 15) is 0 Å². The van der Waals surface area contributed by atoms with Crippen LogP contribution in [0.25, 0.3) is 0 Å². The number of thioether (sulfide) groups is 1. The molecule has 0 spiro atoms. The van der Waals surface area contributed by atoms with Gasteiger partial charge in [0.25, 0.3) is 0 Å². The zero-order chi connectivity index (χ0) is 13.0. The summed E-state index contributed by atoms with van der Waals surface area (Å²) in [7, 11) is 0. The quantitative estimate of drug-likeness (QED) is 0.767. The van der Waals surface area contributed by atoms with Crippen molar-refractivity contribution in [1.29, 1.82) is 0 Å². The van der Waals surface area contributed by atoms with E-state index in [-0.39, 0.29) is 6.04 Å². The van der Waals surface area contributed by atoms with Crippen LogP contribution < -0.4 is 5.73 Å². The second-order valence-corrected chi connectivity index (χ2v) is 7.19. The van der Waals surface area contributed by atoms with Crippen LogP contribution in [0.4, 0.5) is 0 Å². The van der Waals surface area contributed by atoms with Gasteiger partial charge in [0.05, 0.1) is 5.25 Å². The van der Waals surface area contributed by atoms with Gasteiger partial charge in [-0.3, -0.25) is 0 Å². The average Bonchev–Trinajstić information content (AvgIpc) is 2.91. The Balaban J connectivity index is 2.17. The number of benzene rings is 1. The van der Waals surface area contributed by atoms with E-state index in [1.807, 2.05) is 11.8 Å². The van der Waals surface area contributed by atoms with Gasteiger partial charge in [-0.05, 0) is 42.1 Å².